The van der Waals surface area contributed by atoms with E-state index >= 15 is 0 Å². The molecule has 59 nitrogen and oxygen atoms in total. The van der Waals surface area contributed by atoms with E-state index in [4.69, 9.17) is 15.9 Å². The number of aromatic nitrogens is 8. The minimum atomic E-state index is -1.82. The van der Waals surface area contributed by atoms with Gasteiger partial charge in [-0.1, -0.05) is 0 Å². The number of rotatable bonds is 53. The Morgan fingerprint density at radius 1 is 0.338 bits per heavy atom. The maximum atomic E-state index is 13.5. The van der Waals surface area contributed by atoms with Crippen molar-refractivity contribution in [3.63, 3.8) is 0 Å². The molecule has 0 bridgehead atoms. The van der Waals surface area contributed by atoms with Gasteiger partial charge in [0, 0.05) is 25.8 Å². The van der Waals surface area contributed by atoms with Crippen LogP contribution in [0.2, 0.25) is 0 Å². The molecule has 10 amide bonds. The molecule has 0 fully saturated rings. The molecule has 130 heavy (non-hydrogen) atoms. The van der Waals surface area contributed by atoms with Gasteiger partial charge < -0.3 is 134 Å². The van der Waals surface area contributed by atoms with Gasteiger partial charge in [-0.05, 0) is 38.5 Å². The fourth-order valence-corrected chi connectivity index (χ4v) is 15.2. The predicted molar refractivity (Wildman–Crippen MR) is 406 cm³/mol. The van der Waals surface area contributed by atoms with E-state index in [1.807, 2.05) is 16.0 Å². The molecule has 0 aliphatic carbocycles. The minimum Gasteiger partial charge on any atom is -0.481 e. The molecule has 1 unspecified atom stereocenters. The first-order valence-corrected chi connectivity index (χ1v) is 38.9. The van der Waals surface area contributed by atoms with Crippen molar-refractivity contribution in [3.8, 4) is 0 Å². The molecular weight excluding hydrogens is 1750 g/mol. The van der Waals surface area contributed by atoms with Crippen LogP contribution in [-0.4, -0.2) is 369 Å². The number of nitrogens with zero attached hydrogens (tertiary/aromatic N) is 14. The van der Waals surface area contributed by atoms with Crippen LogP contribution in [0.1, 0.15) is 93.7 Å². The number of quaternary nitrogens is 2. The Labute approximate surface area is 728 Å². The fraction of sp³-hybridized carbons (Fsp3) is 0.507. The Kier molecular flexibility index (Phi) is 34.5. The van der Waals surface area contributed by atoms with Crippen molar-refractivity contribution >= 4 is 137 Å². The summed E-state index contributed by atoms with van der Waals surface area (Å²) >= 11 is 0. The molecule has 4 aliphatic rings. The number of fused-ring (bicyclic) bond motifs is 10. The van der Waals surface area contributed by atoms with E-state index in [0.717, 1.165) is 0 Å². The van der Waals surface area contributed by atoms with Gasteiger partial charge in [0.2, 0.25) is 11.8 Å². The van der Waals surface area contributed by atoms with Gasteiger partial charge in [-0.2, -0.15) is 0 Å². The third-order valence-corrected chi connectivity index (χ3v) is 20.9. The Morgan fingerprint density at radius 3 is 0.846 bits per heavy atom. The van der Waals surface area contributed by atoms with Crippen molar-refractivity contribution in [2.24, 2.45) is 5.73 Å². The van der Waals surface area contributed by atoms with Crippen LogP contribution in [0.4, 0.5) is 9.59 Å². The number of nitrogens with one attached hydrogen (secondary N) is 6. The molecule has 6 atom stereocenters. The molecule has 8 heterocycles. The highest BCUT2D eigenvalue weighted by Gasteiger charge is 2.66. The second-order valence-corrected chi connectivity index (χ2v) is 30.3. The van der Waals surface area contributed by atoms with Gasteiger partial charge in [-0.25, -0.2) is 60.8 Å². The lowest BCUT2D eigenvalue weighted by atomic mass is 10.1. The lowest BCUT2D eigenvalue weighted by molar-refractivity contribution is -0.982. The van der Waals surface area contributed by atoms with Crippen LogP contribution in [0, 0.1) is 0 Å². The summed E-state index contributed by atoms with van der Waals surface area (Å²) in [5, 5.41) is 153. The molecule has 4 aromatic heterocycles. The van der Waals surface area contributed by atoms with Crippen LogP contribution in [0.5, 0.6) is 0 Å². The molecule has 4 aliphatic heterocycles. The number of carbonyl (C=O) groups is 23. The van der Waals surface area contributed by atoms with Crippen LogP contribution in [0.25, 0.3) is 0 Å². The second kappa shape index (κ2) is 44.3. The topological polar surface area (TPSA) is 842 Å². The Morgan fingerprint density at radius 2 is 0.592 bits per heavy atom. The van der Waals surface area contributed by atoms with Gasteiger partial charge in [0.05, 0.1) is 0 Å². The number of aliphatic carboxylic acids is 15. The third kappa shape index (κ3) is 27.3. The first-order valence-electron chi connectivity index (χ1n) is 38.9. The third-order valence-electron chi connectivity index (χ3n) is 20.9. The normalized spacial score (nSPS) is 16.9. The maximum Gasteiger partial charge on any atom is 0.380 e. The molecule has 8 rings (SSSR count). The zero-order valence-electron chi connectivity index (χ0n) is 68.5. The van der Waals surface area contributed by atoms with Gasteiger partial charge in [0.25, 0.3) is 23.6 Å². The van der Waals surface area contributed by atoms with Gasteiger partial charge in [0.1, 0.15) is 145 Å². The number of carboxylic acids is 15. The van der Waals surface area contributed by atoms with E-state index in [1.165, 1.54) is 55.4 Å². The van der Waals surface area contributed by atoms with Crippen LogP contribution >= 0.6 is 0 Å². The quantitative estimate of drug-likeness (QED) is 0.0111. The summed E-state index contributed by atoms with van der Waals surface area (Å²) < 4.78 is 12.1. The highest BCUT2D eigenvalue weighted by atomic mass is 16.4. The maximum absolute atomic E-state index is 13.5. The van der Waals surface area contributed by atoms with Crippen molar-refractivity contribution < 1.29 is 214 Å². The molecular formula is C71H95N21O38+6. The summed E-state index contributed by atoms with van der Waals surface area (Å²) in [5.41, 5.74) is 6.50. The van der Waals surface area contributed by atoms with Crippen molar-refractivity contribution in [2.45, 2.75) is 159 Å². The highest BCUT2D eigenvalue weighted by molar-refractivity contribution is 5.91. The molecule has 59 heteroatoms. The van der Waals surface area contributed by atoms with Crippen molar-refractivity contribution in [3.05, 3.63) is 72.9 Å². The summed E-state index contributed by atoms with van der Waals surface area (Å²) in [6.07, 6.45) is 7.11. The number of hydrogen-bond donors (Lipinski definition) is 22. The summed E-state index contributed by atoms with van der Waals surface area (Å²) in [7, 11) is 0. The number of unbranched alkanes of at least 4 members (excludes halogenated alkanes) is 1. The Bertz CT molecular complexity index is 4870. The van der Waals surface area contributed by atoms with E-state index in [0.29, 0.717) is 42.9 Å². The average Bonchev–Trinajstić information content (AvgIpc) is 1.54. The number of nitrogens with two attached hydrogens (primary N) is 1. The zero-order valence-corrected chi connectivity index (χ0v) is 68.5. The summed E-state index contributed by atoms with van der Waals surface area (Å²) in [5.74, 6) is -25.6. The standard InChI is InChI=1S/C36H47N11O18.C35H42N10O20/c37-20(32(60)38-6-2-1-3-21(33(61)62)39-35(65)40-22(34(63)64)4-5-27(50)51)17-47-18-23-41(11-25(48)43(13-28(52)53)14-29(54)55)7-9-45(23)36(47)46-10-8-42(24(46)19-47)12-26(49)44(15-30(56)57)16-31(58)59;46-21(3-1-18(31(59)60)37-34(65)38-19(32(61)62)2-4-26(49)50)36-20(33(63)64)15-45-16-22-39(9-24(47)41(11-27(51)52)12-28(53)54)5-7-43(22)35(45)44-8-6-40(23(44)17-45)10-25(48)42(13-29(55)56)14-30(57)58/h7-10,20-22,36H,1-6,11-19,37H2,(H7-3,38,39,40,50,51,52,53,54,55,56,57,58,59,60,61,62,63,64,65);5-8,18-20,35H,1-4,9-17H2,(H8-3,36,37,38,46,49,50,51,52,53,54,55,56,57,58,59,60,61,62,63,64,65)/p+6/t20-,21-,22-,36?,47?;18-,19-,20?,35?,45?/m00/s1. The smallest absolute Gasteiger partial charge is 0.380 e. The van der Waals surface area contributed by atoms with Gasteiger partial charge in [0.15, 0.2) is 58.4 Å². The first kappa shape index (κ1) is 101. The van der Waals surface area contributed by atoms with Gasteiger partial charge >= 0.3 is 137 Å². The van der Waals surface area contributed by atoms with E-state index in [9.17, 15) is 177 Å². The van der Waals surface area contributed by atoms with Crippen molar-refractivity contribution in [2.75, 3.05) is 72.0 Å². The van der Waals surface area contributed by atoms with Crippen molar-refractivity contribution in [1.29, 1.82) is 0 Å². The number of amides is 10. The number of urea groups is 2. The molecule has 0 saturated heterocycles. The molecule has 0 spiro atoms. The molecule has 0 radical (unpaired) electrons. The van der Waals surface area contributed by atoms with Crippen LogP contribution < -0.4 is 55.9 Å². The summed E-state index contributed by atoms with van der Waals surface area (Å²) in [6.45, 7) is -9.99. The lowest BCUT2D eigenvalue weighted by Gasteiger charge is -2.31. The zero-order chi connectivity index (χ0) is 96.8. The van der Waals surface area contributed by atoms with Crippen molar-refractivity contribution in [1.82, 2.24) is 69.8 Å². The van der Waals surface area contributed by atoms with Gasteiger partial charge in [-0.3, -0.25) is 76.7 Å². The highest BCUT2D eigenvalue weighted by Crippen LogP contribution is 2.44. The first-order chi connectivity index (χ1) is 60.9. The predicted octanol–water partition coefficient (Wildman–Crippen LogP) is -11.5. The van der Waals surface area contributed by atoms with E-state index in [2.05, 4.69) is 16.0 Å². The summed E-state index contributed by atoms with van der Waals surface area (Å²) in [6, 6.07) is -12.0. The largest absolute Gasteiger partial charge is 0.481 e. The number of imidazole rings is 4. The SMILES string of the molecule is N[C@@H](C[N+]12Cc3n(cc[n+]3CC(=O)N(CC(=O)O)CC(=O)O)C1n1cc[n+](CC(=O)N(CC(=O)O)CC(=O)O)c1C2)C(=O)NCCCC[C@H](NC(=O)N[C@@H](CCC(=O)O)C(=O)O)C(=O)O.O=C(O)CC[C@H](NC(=O)N[C@@H](CCC(=O)NC(C[N+]12Cc3n(cc[n+]3CC(=O)N(CC(=O)O)CC(=O)O)C1n1cc[n+](CC(=O)N(CC(=O)O)CC(=O)O)c1C2)C(=O)O)C(=O)O)C(=O)O. The Balaban J connectivity index is 0.000000356. The van der Waals surface area contributed by atoms with E-state index in [-0.39, 0.29) is 67.5 Å². The van der Waals surface area contributed by atoms with Crippen LogP contribution in [-0.2, 0) is 153 Å². The van der Waals surface area contributed by atoms with Crippen LogP contribution in [0.3, 0.4) is 0 Å². The molecule has 706 valence electrons. The summed E-state index contributed by atoms with van der Waals surface area (Å²) in [4.78, 5) is 279. The fourth-order valence-electron chi connectivity index (χ4n) is 15.2. The monoisotopic (exact) mass is 1850 g/mol. The lowest BCUT2D eigenvalue weighted by Crippen LogP contribution is -2.57. The van der Waals surface area contributed by atoms with E-state index < -0.39 is 309 Å². The molecule has 4 aromatic rings. The second-order valence-electron chi connectivity index (χ2n) is 30.3. The minimum absolute atomic E-state index is 0.00139. The molecule has 0 aromatic carbocycles. The van der Waals surface area contributed by atoms with E-state index in [1.54, 1.807) is 30.7 Å². The molecule has 23 N–H and O–H groups in total. The van der Waals surface area contributed by atoms with Crippen LogP contribution in [0.15, 0.2) is 49.6 Å². The van der Waals surface area contributed by atoms with Gasteiger partial charge in [-0.15, -0.1) is 18.3 Å². The average molecular weight is 1850 g/mol. The Hall–Kier alpha value is -15.9. The molecule has 0 saturated carbocycles. The number of carbonyl (C=O) groups excluding carboxylic acids is 8. The number of carboxylic acid groups (broad SMARTS) is 15. The number of hydrogen-bond acceptors (Lipinski definition) is 24.